The molecule has 0 amide bonds. The molecule has 1 heterocycles. The first-order chi connectivity index (χ1) is 14.4. The third-order valence-corrected chi connectivity index (χ3v) is 6.87. The molecule has 0 saturated heterocycles. The number of halogens is 5. The Morgan fingerprint density at radius 2 is 1.75 bits per heavy atom. The van der Waals surface area contributed by atoms with Crippen molar-refractivity contribution in [1.82, 2.24) is 9.78 Å². The van der Waals surface area contributed by atoms with Crippen LogP contribution in [0.25, 0.3) is 10.9 Å². The van der Waals surface area contributed by atoms with Gasteiger partial charge in [-0.1, -0.05) is 44.6 Å². The van der Waals surface area contributed by atoms with Crippen molar-refractivity contribution in [3.8, 4) is 0 Å². The number of aliphatic hydroxyl groups excluding tert-OH is 1. The number of nitrogens with zero attached hydrogens (tertiary/aromatic N) is 2. The molecule has 0 aliphatic carbocycles. The second-order valence-electron chi connectivity index (χ2n) is 7.38. The molecule has 3 rings (SSSR count). The van der Waals surface area contributed by atoms with E-state index in [-0.39, 0.29) is 29.8 Å². The third-order valence-electron chi connectivity index (χ3n) is 5.11. The Hall–Kier alpha value is -2.42. The van der Waals surface area contributed by atoms with Crippen LogP contribution in [-0.2, 0) is 15.6 Å². The quantitative estimate of drug-likeness (QED) is 0.327. The molecule has 7 nitrogen and oxygen atoms in total. The van der Waals surface area contributed by atoms with E-state index in [9.17, 15) is 33.0 Å². The summed E-state index contributed by atoms with van der Waals surface area (Å²) in [6.07, 6.45) is 0.573. The smallest absolute Gasteiger partial charge is 0.310 e. The Morgan fingerprint density at radius 3 is 2.22 bits per heavy atom. The van der Waals surface area contributed by atoms with Gasteiger partial charge in [-0.25, -0.2) is 8.42 Å². The molecular weight excluding hydrogens is 479 g/mol. The van der Waals surface area contributed by atoms with Crippen molar-refractivity contribution in [2.24, 2.45) is 5.73 Å². The normalized spacial score (nSPS) is 17.9. The van der Waals surface area contributed by atoms with E-state index >= 15 is 0 Å². The lowest BCUT2D eigenvalue weighted by Crippen LogP contribution is -2.51. The predicted molar refractivity (Wildman–Crippen MR) is 114 cm³/mol. The van der Waals surface area contributed by atoms with Crippen LogP contribution < -0.4 is 10.5 Å². The molecule has 0 aliphatic rings. The highest BCUT2D eigenvalue weighted by Gasteiger charge is 2.65. The highest BCUT2D eigenvalue weighted by Crippen LogP contribution is 3.02. The zero-order chi connectivity index (χ0) is 24.2. The largest absolute Gasteiger partial charge is 0.376 e. The Kier molecular flexibility index (Phi) is 5.14. The van der Waals surface area contributed by atoms with Crippen molar-refractivity contribution in [3.05, 3.63) is 54.2 Å². The molecular formula is C18H21F5N4O3S2. The summed E-state index contributed by atoms with van der Waals surface area (Å²) >= 11 is 0. The van der Waals surface area contributed by atoms with Gasteiger partial charge in [-0.05, 0) is 36.2 Å². The molecule has 0 fully saturated rings. The van der Waals surface area contributed by atoms with E-state index in [0.717, 1.165) is 18.4 Å². The summed E-state index contributed by atoms with van der Waals surface area (Å²) in [4.78, 5) is -2.07. The maximum absolute atomic E-state index is 13.1. The molecule has 0 saturated carbocycles. The number of anilines is 1. The molecule has 4 N–H and O–H groups in total. The number of nitrogens with two attached hydrogens (primary N) is 1. The number of hydrogen-bond acceptors (Lipinski definition) is 5. The molecule has 0 bridgehead atoms. The molecule has 178 valence electrons. The number of aliphatic hydroxyl groups is 1. The Labute approximate surface area is 180 Å². The zero-order valence-electron chi connectivity index (χ0n) is 16.8. The number of benzene rings is 2. The SMILES string of the molecule is CCC(c1ccc(S(F)(F)(F)(F)F)cc1)(C(N)O)n1ncc2c(NS(C)(=O)=O)cccc21. The lowest BCUT2D eigenvalue weighted by Gasteiger charge is -2.41. The van der Waals surface area contributed by atoms with Gasteiger partial charge in [-0.2, -0.15) is 5.10 Å². The Bertz CT molecular complexity index is 1280. The van der Waals surface area contributed by atoms with Crippen LogP contribution in [0.1, 0.15) is 18.9 Å². The summed E-state index contributed by atoms with van der Waals surface area (Å²) < 4.78 is 92.5. The molecule has 0 aliphatic heterocycles. The van der Waals surface area contributed by atoms with Crippen LogP contribution >= 0.6 is 10.2 Å². The number of aromatic nitrogens is 2. The van der Waals surface area contributed by atoms with Crippen LogP contribution in [0.4, 0.5) is 25.1 Å². The topological polar surface area (TPSA) is 110 Å². The average molecular weight is 501 g/mol. The van der Waals surface area contributed by atoms with E-state index in [1.807, 2.05) is 0 Å². The van der Waals surface area contributed by atoms with Gasteiger partial charge < -0.3 is 10.8 Å². The van der Waals surface area contributed by atoms with Gasteiger partial charge in [0.25, 0.3) is 0 Å². The van der Waals surface area contributed by atoms with Gasteiger partial charge in [0.05, 0.1) is 23.7 Å². The summed E-state index contributed by atoms with van der Waals surface area (Å²) in [6.45, 7) is 1.58. The minimum Gasteiger partial charge on any atom is -0.376 e. The van der Waals surface area contributed by atoms with Crippen molar-refractivity contribution in [2.75, 3.05) is 11.0 Å². The fraction of sp³-hybridized carbons (Fsp3) is 0.278. The van der Waals surface area contributed by atoms with Crippen LogP contribution in [-0.4, -0.2) is 35.8 Å². The molecule has 0 spiro atoms. The van der Waals surface area contributed by atoms with Gasteiger partial charge in [-0.3, -0.25) is 9.40 Å². The highest BCUT2D eigenvalue weighted by atomic mass is 32.5. The van der Waals surface area contributed by atoms with Gasteiger partial charge in [-0.15, -0.1) is 0 Å². The molecule has 2 aromatic carbocycles. The van der Waals surface area contributed by atoms with Crippen LogP contribution in [0, 0.1) is 0 Å². The first kappa shape index (κ1) is 24.2. The standard InChI is InChI=1S/C18H21F5N4O3S2/c1-3-18(17(24)28,12-7-9-13(10-8-12)32(19,20,21,22)23)27-16-6-4-5-15(14(16)11-25-27)26-31(2,29)30/h4-11,17,26,28H,3,24H2,1-2H3. The van der Waals surface area contributed by atoms with Crippen LogP contribution in [0.15, 0.2) is 53.6 Å². The fourth-order valence-corrected chi connectivity index (χ4v) is 4.87. The van der Waals surface area contributed by atoms with E-state index < -0.39 is 36.9 Å². The van der Waals surface area contributed by atoms with Crippen molar-refractivity contribution in [2.45, 2.75) is 30.0 Å². The van der Waals surface area contributed by atoms with E-state index in [1.165, 1.54) is 23.0 Å². The van der Waals surface area contributed by atoms with Crippen LogP contribution in [0.5, 0.6) is 0 Å². The Balaban J connectivity index is 2.24. The first-order valence-electron chi connectivity index (χ1n) is 9.12. The van der Waals surface area contributed by atoms with Gasteiger partial charge in [0.1, 0.15) is 16.7 Å². The van der Waals surface area contributed by atoms with Gasteiger partial charge in [0.2, 0.25) is 10.0 Å². The molecule has 1 aromatic heterocycles. The van der Waals surface area contributed by atoms with Gasteiger partial charge in [0.15, 0.2) is 0 Å². The number of hydrogen-bond donors (Lipinski definition) is 3. The fourth-order valence-electron chi connectivity index (χ4n) is 3.64. The lowest BCUT2D eigenvalue weighted by molar-refractivity contribution is 0.0570. The number of rotatable bonds is 7. The number of sulfonamides is 1. The Morgan fingerprint density at radius 1 is 1.16 bits per heavy atom. The molecule has 3 aromatic rings. The van der Waals surface area contributed by atoms with Crippen LogP contribution in [0.2, 0.25) is 0 Å². The highest BCUT2D eigenvalue weighted by molar-refractivity contribution is 8.45. The first-order valence-corrected chi connectivity index (χ1v) is 13.0. The van der Waals surface area contributed by atoms with Gasteiger partial charge in [0, 0.05) is 5.39 Å². The average Bonchev–Trinajstić information content (AvgIpc) is 3.06. The molecule has 32 heavy (non-hydrogen) atoms. The zero-order valence-corrected chi connectivity index (χ0v) is 18.5. The van der Waals surface area contributed by atoms with E-state index in [2.05, 4.69) is 9.82 Å². The lowest BCUT2D eigenvalue weighted by atomic mass is 9.85. The van der Waals surface area contributed by atoms with Crippen molar-refractivity contribution in [3.63, 3.8) is 0 Å². The second-order valence-corrected chi connectivity index (χ2v) is 11.5. The van der Waals surface area contributed by atoms with E-state index in [0.29, 0.717) is 10.9 Å². The van der Waals surface area contributed by atoms with Gasteiger partial charge >= 0.3 is 10.2 Å². The molecule has 0 radical (unpaired) electrons. The van der Waals surface area contributed by atoms with E-state index in [4.69, 9.17) is 5.73 Å². The number of nitrogens with one attached hydrogen (secondary N) is 1. The molecule has 2 unspecified atom stereocenters. The minimum absolute atomic E-state index is 0.00655. The molecule has 14 heteroatoms. The third kappa shape index (κ3) is 4.40. The van der Waals surface area contributed by atoms with Crippen molar-refractivity contribution >= 4 is 36.8 Å². The maximum atomic E-state index is 13.1. The van der Waals surface area contributed by atoms with E-state index in [1.54, 1.807) is 13.0 Å². The molecule has 2 atom stereocenters. The predicted octanol–water partition coefficient (Wildman–Crippen LogP) is 4.50. The number of fused-ring (bicyclic) bond motifs is 1. The summed E-state index contributed by atoms with van der Waals surface area (Å²) in [5, 5.41) is 15.0. The summed E-state index contributed by atoms with van der Waals surface area (Å²) in [6, 6.07) is 6.65. The summed E-state index contributed by atoms with van der Waals surface area (Å²) in [5.74, 6) is 0. The van der Waals surface area contributed by atoms with Crippen LogP contribution in [0.3, 0.4) is 0 Å². The monoisotopic (exact) mass is 500 g/mol. The minimum atomic E-state index is -9.89. The summed E-state index contributed by atoms with van der Waals surface area (Å²) in [5.41, 5.74) is 4.69. The maximum Gasteiger partial charge on any atom is 0.310 e. The van der Waals surface area contributed by atoms with Crippen molar-refractivity contribution in [1.29, 1.82) is 0 Å². The second kappa shape index (κ2) is 6.79. The van der Waals surface area contributed by atoms with Crippen molar-refractivity contribution < 1.29 is 33.0 Å². The summed E-state index contributed by atoms with van der Waals surface area (Å²) in [7, 11) is -13.5.